The normalized spacial score (nSPS) is 15.9. The van der Waals surface area contributed by atoms with Gasteiger partial charge < -0.3 is 4.90 Å². The van der Waals surface area contributed by atoms with Gasteiger partial charge in [-0.15, -0.1) is 12.4 Å². The lowest BCUT2D eigenvalue weighted by atomic mass is 10.1. The van der Waals surface area contributed by atoms with Crippen molar-refractivity contribution < 1.29 is 4.39 Å². The summed E-state index contributed by atoms with van der Waals surface area (Å²) in [6.07, 6.45) is 8.28. The van der Waals surface area contributed by atoms with E-state index in [-0.39, 0.29) is 18.2 Å². The molecular formula is C20H24ClFN6. The van der Waals surface area contributed by atoms with Crippen LogP contribution in [-0.2, 0) is 0 Å². The third-order valence-electron chi connectivity index (χ3n) is 5.12. The van der Waals surface area contributed by atoms with Crippen molar-refractivity contribution in [3.8, 4) is 11.3 Å². The molecule has 8 heteroatoms. The fraction of sp³-hybridized carbons (Fsp3) is 0.350. The standard InChI is InChI=1S/C20H23FN6.ClH/c1-2-18(16-13-24-25-14-16)26-8-10-27(11-9-26)20-19(22-6-7-23-20)15-4-3-5-17(21)12-15;/h3-7,12-14,18H,2,8-11H2,1H3,(H,24,25);1H. The molecule has 1 N–H and O–H groups in total. The molecule has 3 aromatic rings. The molecule has 2 aromatic heterocycles. The van der Waals surface area contributed by atoms with Crippen LogP contribution in [0.2, 0.25) is 0 Å². The Labute approximate surface area is 170 Å². The van der Waals surface area contributed by atoms with E-state index in [9.17, 15) is 4.39 Å². The monoisotopic (exact) mass is 402 g/mol. The second-order valence-electron chi connectivity index (χ2n) is 6.72. The minimum atomic E-state index is -0.264. The highest BCUT2D eigenvalue weighted by Crippen LogP contribution is 2.30. The summed E-state index contributed by atoms with van der Waals surface area (Å²) in [5.41, 5.74) is 2.71. The zero-order valence-electron chi connectivity index (χ0n) is 15.8. The Morgan fingerprint density at radius 2 is 1.93 bits per heavy atom. The highest BCUT2D eigenvalue weighted by Gasteiger charge is 2.26. The van der Waals surface area contributed by atoms with E-state index in [1.165, 1.54) is 17.7 Å². The zero-order chi connectivity index (χ0) is 18.6. The molecule has 0 spiro atoms. The highest BCUT2D eigenvalue weighted by molar-refractivity contribution is 5.85. The van der Waals surface area contributed by atoms with Crippen LogP contribution in [0.1, 0.15) is 24.9 Å². The van der Waals surface area contributed by atoms with Gasteiger partial charge in [-0.25, -0.2) is 9.37 Å². The number of halogens is 2. The number of hydrogen-bond acceptors (Lipinski definition) is 5. The van der Waals surface area contributed by atoms with Crippen molar-refractivity contribution in [2.75, 3.05) is 31.1 Å². The van der Waals surface area contributed by atoms with Gasteiger partial charge in [0.15, 0.2) is 5.82 Å². The first-order chi connectivity index (χ1) is 13.3. The molecule has 148 valence electrons. The van der Waals surface area contributed by atoms with Crippen LogP contribution in [0.4, 0.5) is 10.2 Å². The lowest BCUT2D eigenvalue weighted by Crippen LogP contribution is -2.48. The number of aromatic amines is 1. The molecule has 1 aromatic carbocycles. The first-order valence-electron chi connectivity index (χ1n) is 9.31. The highest BCUT2D eigenvalue weighted by atomic mass is 35.5. The average Bonchev–Trinajstić information content (AvgIpc) is 3.24. The third-order valence-corrected chi connectivity index (χ3v) is 5.12. The summed E-state index contributed by atoms with van der Waals surface area (Å²) in [4.78, 5) is 13.8. The number of nitrogens with zero attached hydrogens (tertiary/aromatic N) is 5. The van der Waals surface area contributed by atoms with Crippen molar-refractivity contribution in [2.24, 2.45) is 0 Å². The van der Waals surface area contributed by atoms with Crippen LogP contribution in [0.15, 0.2) is 49.1 Å². The van der Waals surface area contributed by atoms with E-state index in [0.29, 0.717) is 6.04 Å². The minimum absolute atomic E-state index is 0. The number of piperazine rings is 1. The van der Waals surface area contributed by atoms with Crippen LogP contribution >= 0.6 is 12.4 Å². The van der Waals surface area contributed by atoms with Gasteiger partial charge in [-0.2, -0.15) is 5.10 Å². The summed E-state index contributed by atoms with van der Waals surface area (Å²) in [5, 5.41) is 7.00. The van der Waals surface area contributed by atoms with Crippen molar-refractivity contribution >= 4 is 18.2 Å². The van der Waals surface area contributed by atoms with E-state index < -0.39 is 0 Å². The number of rotatable bonds is 5. The Hall–Kier alpha value is -2.51. The topological polar surface area (TPSA) is 60.9 Å². The molecule has 0 amide bonds. The lowest BCUT2D eigenvalue weighted by Gasteiger charge is -2.39. The van der Waals surface area contributed by atoms with Gasteiger partial charge in [0.05, 0.1) is 6.20 Å². The predicted molar refractivity (Wildman–Crippen MR) is 110 cm³/mol. The Morgan fingerprint density at radius 1 is 1.14 bits per heavy atom. The minimum Gasteiger partial charge on any atom is -0.352 e. The molecule has 1 unspecified atom stereocenters. The molecule has 1 saturated heterocycles. The largest absolute Gasteiger partial charge is 0.352 e. The molecule has 1 fully saturated rings. The van der Waals surface area contributed by atoms with Crippen molar-refractivity contribution in [1.82, 2.24) is 25.1 Å². The fourth-order valence-electron chi connectivity index (χ4n) is 3.79. The van der Waals surface area contributed by atoms with E-state index in [0.717, 1.165) is 49.7 Å². The predicted octanol–water partition coefficient (Wildman–Crippen LogP) is 3.70. The van der Waals surface area contributed by atoms with Crippen molar-refractivity contribution in [3.63, 3.8) is 0 Å². The first kappa shape index (κ1) is 20.2. The smallest absolute Gasteiger partial charge is 0.155 e. The van der Waals surface area contributed by atoms with E-state index in [1.807, 2.05) is 18.5 Å². The summed E-state index contributed by atoms with van der Waals surface area (Å²) in [5.74, 6) is 0.555. The summed E-state index contributed by atoms with van der Waals surface area (Å²) < 4.78 is 13.7. The number of anilines is 1. The SMILES string of the molecule is CCC(c1cn[nH]c1)N1CCN(c2nccnc2-c2cccc(F)c2)CC1.Cl. The van der Waals surface area contributed by atoms with Gasteiger partial charge in [0.25, 0.3) is 0 Å². The molecule has 6 nitrogen and oxygen atoms in total. The molecule has 0 bridgehead atoms. The molecule has 1 aliphatic rings. The number of hydrogen-bond donors (Lipinski definition) is 1. The number of aromatic nitrogens is 4. The molecule has 28 heavy (non-hydrogen) atoms. The van der Waals surface area contributed by atoms with Crippen molar-refractivity contribution in [3.05, 3.63) is 60.4 Å². The van der Waals surface area contributed by atoms with Gasteiger partial charge in [0, 0.05) is 61.9 Å². The first-order valence-corrected chi connectivity index (χ1v) is 9.31. The molecule has 0 radical (unpaired) electrons. The Morgan fingerprint density at radius 3 is 2.61 bits per heavy atom. The van der Waals surface area contributed by atoms with Crippen molar-refractivity contribution in [1.29, 1.82) is 0 Å². The van der Waals surface area contributed by atoms with Crippen LogP contribution < -0.4 is 4.90 Å². The molecule has 0 saturated carbocycles. The fourth-order valence-corrected chi connectivity index (χ4v) is 3.79. The van der Waals surface area contributed by atoms with Crippen molar-refractivity contribution in [2.45, 2.75) is 19.4 Å². The van der Waals surface area contributed by atoms with Gasteiger partial charge in [-0.05, 0) is 18.6 Å². The summed E-state index contributed by atoms with van der Waals surface area (Å²) in [6, 6.07) is 6.90. The second kappa shape index (κ2) is 9.12. The zero-order valence-corrected chi connectivity index (χ0v) is 16.6. The van der Waals surface area contributed by atoms with Gasteiger partial charge in [0.1, 0.15) is 11.5 Å². The van der Waals surface area contributed by atoms with Gasteiger partial charge >= 0.3 is 0 Å². The van der Waals surface area contributed by atoms with Gasteiger partial charge in [-0.3, -0.25) is 15.0 Å². The third kappa shape index (κ3) is 4.15. The van der Waals surface area contributed by atoms with E-state index in [4.69, 9.17) is 0 Å². The average molecular weight is 403 g/mol. The van der Waals surface area contributed by atoms with E-state index >= 15 is 0 Å². The Kier molecular flexibility index (Phi) is 6.59. The maximum Gasteiger partial charge on any atom is 0.155 e. The summed E-state index contributed by atoms with van der Waals surface area (Å²) >= 11 is 0. The van der Waals surface area contributed by atoms with Crippen LogP contribution in [-0.4, -0.2) is 51.2 Å². The number of nitrogens with one attached hydrogen (secondary N) is 1. The van der Waals surface area contributed by atoms with Crippen LogP contribution in [0.5, 0.6) is 0 Å². The van der Waals surface area contributed by atoms with E-state index in [1.54, 1.807) is 18.5 Å². The lowest BCUT2D eigenvalue weighted by molar-refractivity contribution is 0.181. The van der Waals surface area contributed by atoms with Gasteiger partial charge in [-0.1, -0.05) is 19.1 Å². The molecule has 4 rings (SSSR count). The molecule has 0 aliphatic carbocycles. The van der Waals surface area contributed by atoms with Gasteiger partial charge in [0.2, 0.25) is 0 Å². The quantitative estimate of drug-likeness (QED) is 0.705. The Balaban J connectivity index is 0.00000225. The van der Waals surface area contributed by atoms with Crippen LogP contribution in [0.25, 0.3) is 11.3 Å². The second-order valence-corrected chi connectivity index (χ2v) is 6.72. The van der Waals surface area contributed by atoms with E-state index in [2.05, 4.69) is 36.9 Å². The maximum atomic E-state index is 13.7. The summed E-state index contributed by atoms with van der Waals surface area (Å²) in [7, 11) is 0. The van der Waals surface area contributed by atoms with Crippen LogP contribution in [0.3, 0.4) is 0 Å². The maximum absolute atomic E-state index is 13.7. The molecule has 3 heterocycles. The Bertz CT molecular complexity index is 880. The molecular weight excluding hydrogens is 379 g/mol. The number of benzene rings is 1. The van der Waals surface area contributed by atoms with Crippen LogP contribution in [0, 0.1) is 5.82 Å². The number of H-pyrrole nitrogens is 1. The summed E-state index contributed by atoms with van der Waals surface area (Å²) in [6.45, 7) is 5.78. The molecule has 1 atom stereocenters. The molecule has 1 aliphatic heterocycles.